The number of thiazole rings is 1. The quantitative estimate of drug-likeness (QED) is 0.413. The van der Waals surface area contributed by atoms with Crippen LogP contribution in [-0.4, -0.2) is 28.3 Å². The summed E-state index contributed by atoms with van der Waals surface area (Å²) in [6.07, 6.45) is 6.64. The summed E-state index contributed by atoms with van der Waals surface area (Å²) in [6, 6.07) is 9.15. The van der Waals surface area contributed by atoms with Gasteiger partial charge in [0.2, 0.25) is 10.8 Å². The van der Waals surface area contributed by atoms with Crippen molar-refractivity contribution in [3.8, 4) is 23.1 Å². The third-order valence-corrected chi connectivity index (χ3v) is 5.37. The van der Waals surface area contributed by atoms with Crippen molar-refractivity contribution in [1.29, 1.82) is 0 Å². The summed E-state index contributed by atoms with van der Waals surface area (Å²) in [6.45, 7) is 2.81. The predicted molar refractivity (Wildman–Crippen MR) is 112 cm³/mol. The highest BCUT2D eigenvalue weighted by atomic mass is 32.1. The minimum atomic E-state index is -0.214. The van der Waals surface area contributed by atoms with E-state index in [0.717, 1.165) is 24.8 Å². The van der Waals surface area contributed by atoms with E-state index in [1.54, 1.807) is 31.6 Å². The third-order valence-electron chi connectivity index (χ3n) is 4.41. The minimum Gasteiger partial charge on any atom is -0.493 e. The molecule has 0 aliphatic carbocycles. The first kappa shape index (κ1) is 19.2. The van der Waals surface area contributed by atoms with Gasteiger partial charge in [0.15, 0.2) is 17.3 Å². The second-order valence-corrected chi connectivity index (χ2v) is 7.50. The fraction of sp³-hybridized carbons (Fsp3) is 0.286. The normalized spacial score (nSPS) is 12.0. The number of hydrogen-bond acceptors (Lipinski definition) is 7. The van der Waals surface area contributed by atoms with E-state index in [1.807, 2.05) is 18.2 Å². The monoisotopic (exact) mass is 411 g/mol. The van der Waals surface area contributed by atoms with Crippen molar-refractivity contribution in [2.24, 2.45) is 0 Å². The molecular weight excluding hydrogens is 390 g/mol. The van der Waals surface area contributed by atoms with Gasteiger partial charge in [-0.2, -0.15) is 9.50 Å². The van der Waals surface area contributed by atoms with Crippen molar-refractivity contribution >= 4 is 22.4 Å². The molecule has 0 spiro atoms. The van der Waals surface area contributed by atoms with Crippen LogP contribution in [0.5, 0.6) is 11.5 Å². The molecule has 4 rings (SSSR count). The lowest BCUT2D eigenvalue weighted by Gasteiger charge is -2.11. The van der Waals surface area contributed by atoms with Crippen LogP contribution in [0.4, 0.5) is 0 Å². The fourth-order valence-electron chi connectivity index (χ4n) is 2.92. The van der Waals surface area contributed by atoms with Crippen molar-refractivity contribution in [3.63, 3.8) is 0 Å². The van der Waals surface area contributed by atoms with E-state index in [1.165, 1.54) is 15.9 Å². The number of nitrogens with zero attached hydrogens (tertiary/aromatic N) is 3. The molecule has 4 aromatic rings. The number of fused-ring (bicyclic) bond motifs is 1. The Morgan fingerprint density at radius 1 is 1.24 bits per heavy atom. The third kappa shape index (κ3) is 4.02. The molecule has 0 radical (unpaired) electrons. The Labute approximate surface area is 171 Å². The molecule has 0 unspecified atom stereocenters. The zero-order chi connectivity index (χ0) is 20.2. The SMILES string of the molecule is CCCCCOc1ccc(/C=c2\sc3nc(-c4ccco4)nn3c2=O)cc1OC. The highest BCUT2D eigenvalue weighted by Gasteiger charge is 2.13. The number of methoxy groups -OCH3 is 1. The van der Waals surface area contributed by atoms with Crippen LogP contribution >= 0.6 is 11.3 Å². The molecule has 0 saturated heterocycles. The van der Waals surface area contributed by atoms with Crippen molar-refractivity contribution in [3.05, 3.63) is 57.0 Å². The Kier molecular flexibility index (Phi) is 5.62. The average molecular weight is 411 g/mol. The van der Waals surface area contributed by atoms with Crippen molar-refractivity contribution < 1.29 is 13.9 Å². The molecule has 3 heterocycles. The zero-order valence-corrected chi connectivity index (χ0v) is 17.1. The molecule has 1 aromatic carbocycles. The lowest BCUT2D eigenvalue weighted by molar-refractivity contribution is 0.286. The molecular formula is C21H21N3O4S. The van der Waals surface area contributed by atoms with Gasteiger partial charge in [-0.3, -0.25) is 4.79 Å². The zero-order valence-electron chi connectivity index (χ0n) is 16.3. The number of ether oxygens (including phenoxy) is 2. The maximum atomic E-state index is 12.7. The highest BCUT2D eigenvalue weighted by Crippen LogP contribution is 2.28. The van der Waals surface area contributed by atoms with Crippen molar-refractivity contribution in [1.82, 2.24) is 14.6 Å². The van der Waals surface area contributed by atoms with E-state index < -0.39 is 0 Å². The summed E-state index contributed by atoms with van der Waals surface area (Å²) < 4.78 is 18.4. The standard InChI is InChI=1S/C21H21N3O4S/c1-3-4-5-10-27-15-9-8-14(12-17(15)26-2)13-18-20(25)24-21(29-18)22-19(23-24)16-7-6-11-28-16/h6-9,11-13H,3-5,10H2,1-2H3/b18-13-. The van der Waals surface area contributed by atoms with Gasteiger partial charge in [0.1, 0.15) is 0 Å². The molecule has 29 heavy (non-hydrogen) atoms. The molecule has 0 aliphatic rings. The summed E-state index contributed by atoms with van der Waals surface area (Å²) in [5.74, 6) is 2.28. The number of hydrogen-bond donors (Lipinski definition) is 0. The first-order chi connectivity index (χ1) is 14.2. The Morgan fingerprint density at radius 2 is 2.14 bits per heavy atom. The topological polar surface area (TPSA) is 78.9 Å². The summed E-state index contributed by atoms with van der Waals surface area (Å²) in [5, 5.41) is 4.26. The molecule has 8 heteroatoms. The number of aromatic nitrogens is 3. The number of rotatable bonds is 8. The molecule has 0 saturated carbocycles. The van der Waals surface area contributed by atoms with E-state index in [-0.39, 0.29) is 5.56 Å². The van der Waals surface area contributed by atoms with Gasteiger partial charge in [0, 0.05) is 0 Å². The smallest absolute Gasteiger partial charge is 0.291 e. The van der Waals surface area contributed by atoms with E-state index >= 15 is 0 Å². The molecule has 7 nitrogen and oxygen atoms in total. The first-order valence-electron chi connectivity index (χ1n) is 9.45. The average Bonchev–Trinajstić information content (AvgIpc) is 3.45. The van der Waals surface area contributed by atoms with Crippen molar-refractivity contribution in [2.75, 3.05) is 13.7 Å². The van der Waals surface area contributed by atoms with Gasteiger partial charge in [0.25, 0.3) is 5.56 Å². The Bertz CT molecular complexity index is 1210. The van der Waals surface area contributed by atoms with Gasteiger partial charge in [-0.1, -0.05) is 37.2 Å². The molecule has 0 fully saturated rings. The molecule has 3 aromatic heterocycles. The van der Waals surface area contributed by atoms with Gasteiger partial charge in [0.05, 0.1) is 24.5 Å². The van der Waals surface area contributed by atoms with Crippen LogP contribution in [0.15, 0.2) is 45.8 Å². The van der Waals surface area contributed by atoms with Crippen LogP contribution in [0.2, 0.25) is 0 Å². The number of unbranched alkanes of at least 4 members (excludes halogenated alkanes) is 2. The van der Waals surface area contributed by atoms with Crippen LogP contribution in [-0.2, 0) is 0 Å². The van der Waals surface area contributed by atoms with E-state index in [2.05, 4.69) is 17.0 Å². The highest BCUT2D eigenvalue weighted by molar-refractivity contribution is 7.15. The molecule has 0 bridgehead atoms. The van der Waals surface area contributed by atoms with E-state index in [9.17, 15) is 4.79 Å². The van der Waals surface area contributed by atoms with Crippen LogP contribution in [0, 0.1) is 0 Å². The van der Waals surface area contributed by atoms with E-state index in [0.29, 0.717) is 39.2 Å². The summed E-state index contributed by atoms with van der Waals surface area (Å²) in [5.41, 5.74) is 0.629. The lowest BCUT2D eigenvalue weighted by atomic mass is 10.2. The Morgan fingerprint density at radius 3 is 2.86 bits per heavy atom. The first-order valence-corrected chi connectivity index (χ1v) is 10.3. The lowest BCUT2D eigenvalue weighted by Crippen LogP contribution is -2.23. The summed E-state index contributed by atoms with van der Waals surface area (Å²) in [4.78, 5) is 17.6. The molecule has 0 amide bonds. The Balaban J connectivity index is 1.61. The van der Waals surface area contributed by atoms with Gasteiger partial charge in [-0.25, -0.2) is 0 Å². The van der Waals surface area contributed by atoms with Gasteiger partial charge >= 0.3 is 0 Å². The summed E-state index contributed by atoms with van der Waals surface area (Å²) in [7, 11) is 1.61. The van der Waals surface area contributed by atoms with Crippen LogP contribution < -0.4 is 19.6 Å². The number of benzene rings is 1. The fourth-order valence-corrected chi connectivity index (χ4v) is 3.83. The second kappa shape index (κ2) is 8.48. The van der Waals surface area contributed by atoms with Gasteiger partial charge < -0.3 is 13.9 Å². The van der Waals surface area contributed by atoms with Gasteiger partial charge in [-0.15, -0.1) is 5.10 Å². The maximum absolute atomic E-state index is 12.7. The van der Waals surface area contributed by atoms with Gasteiger partial charge in [-0.05, 0) is 42.3 Å². The largest absolute Gasteiger partial charge is 0.493 e. The number of furan rings is 1. The van der Waals surface area contributed by atoms with Crippen LogP contribution in [0.3, 0.4) is 0 Å². The van der Waals surface area contributed by atoms with Crippen LogP contribution in [0.25, 0.3) is 22.6 Å². The maximum Gasteiger partial charge on any atom is 0.291 e. The Hall–Kier alpha value is -3.13. The van der Waals surface area contributed by atoms with E-state index in [4.69, 9.17) is 13.9 Å². The molecule has 0 atom stereocenters. The summed E-state index contributed by atoms with van der Waals surface area (Å²) >= 11 is 1.28. The molecule has 0 N–H and O–H groups in total. The molecule has 0 aliphatic heterocycles. The second-order valence-electron chi connectivity index (χ2n) is 6.49. The van der Waals surface area contributed by atoms with Crippen molar-refractivity contribution in [2.45, 2.75) is 26.2 Å². The molecule has 150 valence electrons. The predicted octanol–water partition coefficient (Wildman–Crippen LogP) is 3.54. The minimum absolute atomic E-state index is 0.214. The van der Waals surface area contributed by atoms with Crippen LogP contribution in [0.1, 0.15) is 31.7 Å².